The zero-order valence-corrected chi connectivity index (χ0v) is 16.8. The van der Waals surface area contributed by atoms with Gasteiger partial charge in [0.25, 0.3) is 0 Å². The minimum Gasteiger partial charge on any atom is -0.457 e. The number of aromatic amines is 1. The highest BCUT2D eigenvalue weighted by atomic mass is 16.5. The fourth-order valence-corrected chi connectivity index (χ4v) is 3.28. The maximum absolute atomic E-state index is 6.16. The number of imidazole rings is 1. The quantitative estimate of drug-likeness (QED) is 0.339. The average Bonchev–Trinajstić information content (AvgIpc) is 3.23. The number of aromatic nitrogens is 4. The molecule has 0 bridgehead atoms. The van der Waals surface area contributed by atoms with E-state index >= 15 is 0 Å². The minimum absolute atomic E-state index is 0.563. The van der Waals surface area contributed by atoms with Crippen LogP contribution in [-0.4, -0.2) is 27.0 Å². The first-order valence-electron chi connectivity index (χ1n) is 9.88. The van der Waals surface area contributed by atoms with Gasteiger partial charge in [-0.05, 0) is 54.6 Å². The SMILES string of the molecule is CNc1nccc(-c2ccccc2Oc2ccc(Nc3nc4ccccc4[nH]3)cc2)n1. The Kier molecular flexibility index (Phi) is 4.90. The van der Waals surface area contributed by atoms with Crippen molar-refractivity contribution in [1.82, 2.24) is 19.9 Å². The van der Waals surface area contributed by atoms with Gasteiger partial charge in [0, 0.05) is 24.5 Å². The number of para-hydroxylation sites is 3. The summed E-state index contributed by atoms with van der Waals surface area (Å²) in [6.07, 6.45) is 1.73. The zero-order valence-electron chi connectivity index (χ0n) is 16.8. The maximum Gasteiger partial charge on any atom is 0.222 e. The summed E-state index contributed by atoms with van der Waals surface area (Å²) in [6, 6.07) is 25.3. The minimum atomic E-state index is 0.563. The Morgan fingerprint density at radius 3 is 2.48 bits per heavy atom. The number of ether oxygens (including phenoxy) is 1. The maximum atomic E-state index is 6.16. The highest BCUT2D eigenvalue weighted by Gasteiger charge is 2.10. The van der Waals surface area contributed by atoms with E-state index in [0.29, 0.717) is 11.9 Å². The third-order valence-electron chi connectivity index (χ3n) is 4.78. The van der Waals surface area contributed by atoms with E-state index in [9.17, 15) is 0 Å². The van der Waals surface area contributed by atoms with Crippen molar-refractivity contribution >= 4 is 28.6 Å². The van der Waals surface area contributed by atoms with Crippen LogP contribution in [-0.2, 0) is 0 Å². The number of anilines is 3. The molecular weight excluding hydrogens is 388 g/mol. The Labute approximate surface area is 179 Å². The van der Waals surface area contributed by atoms with Crippen LogP contribution in [0.2, 0.25) is 0 Å². The molecule has 0 unspecified atom stereocenters. The highest BCUT2D eigenvalue weighted by molar-refractivity contribution is 5.78. The molecule has 3 N–H and O–H groups in total. The Morgan fingerprint density at radius 2 is 1.65 bits per heavy atom. The molecule has 7 nitrogen and oxygen atoms in total. The molecule has 152 valence electrons. The summed E-state index contributed by atoms with van der Waals surface area (Å²) < 4.78 is 6.16. The van der Waals surface area contributed by atoms with Crippen molar-refractivity contribution in [1.29, 1.82) is 0 Å². The Bertz CT molecular complexity index is 1300. The lowest BCUT2D eigenvalue weighted by atomic mass is 10.1. The van der Waals surface area contributed by atoms with Gasteiger partial charge in [-0.3, -0.25) is 0 Å². The summed E-state index contributed by atoms with van der Waals surface area (Å²) in [5, 5.41) is 6.25. The van der Waals surface area contributed by atoms with Crippen LogP contribution in [0.5, 0.6) is 11.5 Å². The van der Waals surface area contributed by atoms with Crippen molar-refractivity contribution < 1.29 is 4.74 Å². The summed E-state index contributed by atoms with van der Waals surface area (Å²) in [7, 11) is 1.79. The molecule has 3 aromatic carbocycles. The first-order chi connectivity index (χ1) is 15.3. The number of H-pyrrole nitrogens is 1. The van der Waals surface area contributed by atoms with Crippen LogP contribution in [0.3, 0.4) is 0 Å². The van der Waals surface area contributed by atoms with Crippen molar-refractivity contribution in [2.24, 2.45) is 0 Å². The van der Waals surface area contributed by atoms with Gasteiger partial charge in [-0.2, -0.15) is 0 Å². The molecule has 0 amide bonds. The van der Waals surface area contributed by atoms with Gasteiger partial charge in [0.2, 0.25) is 11.9 Å². The van der Waals surface area contributed by atoms with Crippen LogP contribution in [0.1, 0.15) is 0 Å². The molecule has 2 aromatic heterocycles. The molecule has 0 fully saturated rings. The van der Waals surface area contributed by atoms with Gasteiger partial charge in [-0.1, -0.05) is 24.3 Å². The lowest BCUT2D eigenvalue weighted by Crippen LogP contribution is -1.97. The van der Waals surface area contributed by atoms with E-state index in [2.05, 4.69) is 30.6 Å². The summed E-state index contributed by atoms with van der Waals surface area (Å²) >= 11 is 0. The number of hydrogen-bond donors (Lipinski definition) is 3. The topological polar surface area (TPSA) is 87.8 Å². The second-order valence-electron chi connectivity index (χ2n) is 6.87. The van der Waals surface area contributed by atoms with Gasteiger partial charge >= 0.3 is 0 Å². The van der Waals surface area contributed by atoms with Gasteiger partial charge < -0.3 is 20.4 Å². The number of fused-ring (bicyclic) bond motifs is 1. The van der Waals surface area contributed by atoms with Crippen LogP contribution in [0.25, 0.3) is 22.3 Å². The van der Waals surface area contributed by atoms with E-state index < -0.39 is 0 Å². The normalized spacial score (nSPS) is 10.7. The highest BCUT2D eigenvalue weighted by Crippen LogP contribution is 2.33. The summed E-state index contributed by atoms with van der Waals surface area (Å²) in [5.74, 6) is 2.71. The van der Waals surface area contributed by atoms with Crippen molar-refractivity contribution in [3.05, 3.63) is 85.1 Å². The molecule has 0 saturated carbocycles. The molecular formula is C24H20N6O. The largest absolute Gasteiger partial charge is 0.457 e. The van der Waals surface area contributed by atoms with Gasteiger partial charge in [0.1, 0.15) is 11.5 Å². The molecule has 31 heavy (non-hydrogen) atoms. The van der Waals surface area contributed by atoms with Crippen molar-refractivity contribution in [2.75, 3.05) is 17.7 Å². The number of hydrogen-bond acceptors (Lipinski definition) is 6. The second-order valence-corrected chi connectivity index (χ2v) is 6.87. The lowest BCUT2D eigenvalue weighted by molar-refractivity contribution is 0.484. The second kappa shape index (κ2) is 8.16. The molecule has 0 saturated heterocycles. The molecule has 5 rings (SSSR count). The van der Waals surface area contributed by atoms with Gasteiger partial charge in [-0.15, -0.1) is 0 Å². The Balaban J connectivity index is 1.35. The zero-order chi connectivity index (χ0) is 21.0. The molecule has 0 radical (unpaired) electrons. The molecule has 2 heterocycles. The van der Waals surface area contributed by atoms with Gasteiger partial charge in [0.15, 0.2) is 0 Å². The number of benzene rings is 3. The number of nitrogens with zero attached hydrogens (tertiary/aromatic N) is 3. The van der Waals surface area contributed by atoms with Crippen LogP contribution in [0, 0.1) is 0 Å². The molecule has 0 atom stereocenters. The van der Waals surface area contributed by atoms with Crippen LogP contribution in [0.4, 0.5) is 17.6 Å². The van der Waals surface area contributed by atoms with E-state index in [1.54, 1.807) is 13.2 Å². The molecule has 7 heteroatoms. The monoisotopic (exact) mass is 408 g/mol. The van der Waals surface area contributed by atoms with E-state index in [-0.39, 0.29) is 0 Å². The predicted octanol–water partition coefficient (Wildman–Crippen LogP) is 5.60. The summed E-state index contributed by atoms with van der Waals surface area (Å²) in [4.78, 5) is 16.5. The average molecular weight is 408 g/mol. The molecule has 0 aliphatic rings. The first-order valence-corrected chi connectivity index (χ1v) is 9.88. The van der Waals surface area contributed by atoms with E-state index in [4.69, 9.17) is 4.74 Å². The summed E-state index contributed by atoms with van der Waals surface area (Å²) in [6.45, 7) is 0. The van der Waals surface area contributed by atoms with Gasteiger partial charge in [0.05, 0.1) is 16.7 Å². The standard InChI is InChI=1S/C24H20N6O/c1-25-23-26-15-14-19(28-23)18-6-2-5-9-22(18)31-17-12-10-16(11-13-17)27-24-29-20-7-3-4-8-21(20)30-24/h2-15H,1H3,(H,25,26,28)(H2,27,29,30). The fourth-order valence-electron chi connectivity index (χ4n) is 3.28. The van der Waals surface area contributed by atoms with Crippen molar-refractivity contribution in [2.45, 2.75) is 0 Å². The van der Waals surface area contributed by atoms with E-state index in [1.807, 2.05) is 78.9 Å². The Morgan fingerprint density at radius 1 is 0.839 bits per heavy atom. The van der Waals surface area contributed by atoms with E-state index in [0.717, 1.165) is 39.5 Å². The van der Waals surface area contributed by atoms with Crippen LogP contribution >= 0.6 is 0 Å². The third-order valence-corrected chi connectivity index (χ3v) is 4.78. The number of rotatable bonds is 6. The fraction of sp³-hybridized carbons (Fsp3) is 0.0417. The van der Waals surface area contributed by atoms with Crippen molar-refractivity contribution in [3.63, 3.8) is 0 Å². The Hall–Kier alpha value is -4.39. The smallest absolute Gasteiger partial charge is 0.222 e. The molecule has 0 aliphatic carbocycles. The molecule has 0 spiro atoms. The summed E-state index contributed by atoms with van der Waals surface area (Å²) in [5.41, 5.74) is 4.51. The predicted molar refractivity (Wildman–Crippen MR) is 123 cm³/mol. The van der Waals surface area contributed by atoms with E-state index in [1.165, 1.54) is 0 Å². The first kappa shape index (κ1) is 18.6. The van der Waals surface area contributed by atoms with Crippen LogP contribution < -0.4 is 15.4 Å². The number of nitrogens with one attached hydrogen (secondary N) is 3. The van der Waals surface area contributed by atoms with Gasteiger partial charge in [-0.25, -0.2) is 15.0 Å². The molecule has 0 aliphatic heterocycles. The van der Waals surface area contributed by atoms with Crippen LogP contribution in [0.15, 0.2) is 85.1 Å². The molecule has 5 aromatic rings. The third kappa shape index (κ3) is 4.02. The lowest BCUT2D eigenvalue weighted by Gasteiger charge is -2.12. The van der Waals surface area contributed by atoms with Crippen molar-refractivity contribution in [3.8, 4) is 22.8 Å².